The van der Waals surface area contributed by atoms with Gasteiger partial charge < -0.3 is 0 Å². The van der Waals surface area contributed by atoms with Gasteiger partial charge in [-0.3, -0.25) is 9.36 Å². The SMILES string of the molecule is O=c1ccc2ccccc2n1CCl. The third kappa shape index (κ3) is 1.33. The lowest BCUT2D eigenvalue weighted by Crippen LogP contribution is -2.16. The zero-order valence-corrected chi connectivity index (χ0v) is 7.66. The fraction of sp³-hybridized carbons (Fsp3) is 0.100. The van der Waals surface area contributed by atoms with Crippen molar-refractivity contribution in [3.05, 3.63) is 46.8 Å². The fourth-order valence-corrected chi connectivity index (χ4v) is 1.61. The van der Waals surface area contributed by atoms with Crippen LogP contribution < -0.4 is 5.56 Å². The molecule has 0 N–H and O–H groups in total. The normalized spacial score (nSPS) is 10.5. The minimum Gasteiger partial charge on any atom is -0.294 e. The molecular weight excluding hydrogens is 186 g/mol. The summed E-state index contributed by atoms with van der Waals surface area (Å²) in [7, 11) is 0. The quantitative estimate of drug-likeness (QED) is 0.637. The average Bonchev–Trinajstić information content (AvgIpc) is 2.18. The van der Waals surface area contributed by atoms with Crippen molar-refractivity contribution >= 4 is 22.5 Å². The van der Waals surface area contributed by atoms with E-state index in [4.69, 9.17) is 11.6 Å². The highest BCUT2D eigenvalue weighted by atomic mass is 35.5. The largest absolute Gasteiger partial charge is 0.294 e. The number of halogens is 1. The maximum atomic E-state index is 11.3. The van der Waals surface area contributed by atoms with Gasteiger partial charge in [-0.2, -0.15) is 0 Å². The minimum absolute atomic E-state index is 0.0614. The zero-order valence-electron chi connectivity index (χ0n) is 6.90. The molecule has 0 saturated carbocycles. The molecule has 2 rings (SSSR count). The average molecular weight is 194 g/mol. The Morgan fingerprint density at radius 3 is 2.69 bits per heavy atom. The Bertz CT molecular complexity index is 489. The van der Waals surface area contributed by atoms with E-state index in [-0.39, 0.29) is 11.6 Å². The summed E-state index contributed by atoms with van der Waals surface area (Å²) in [5, 5.41) is 1.03. The van der Waals surface area contributed by atoms with Gasteiger partial charge in [-0.15, -0.1) is 11.6 Å². The van der Waals surface area contributed by atoms with E-state index in [1.807, 2.05) is 24.3 Å². The Kier molecular flexibility index (Phi) is 2.07. The lowest BCUT2D eigenvalue weighted by atomic mass is 10.2. The molecule has 0 radical (unpaired) electrons. The Hall–Kier alpha value is -1.28. The van der Waals surface area contributed by atoms with E-state index in [0.717, 1.165) is 10.9 Å². The number of pyridine rings is 1. The van der Waals surface area contributed by atoms with Crippen molar-refractivity contribution in [3.8, 4) is 0 Å². The van der Waals surface area contributed by atoms with E-state index in [2.05, 4.69) is 0 Å². The predicted molar refractivity (Wildman–Crippen MR) is 54.1 cm³/mol. The predicted octanol–water partition coefficient (Wildman–Crippen LogP) is 2.20. The van der Waals surface area contributed by atoms with Gasteiger partial charge in [0.1, 0.15) is 6.00 Å². The maximum Gasteiger partial charge on any atom is 0.252 e. The number of nitrogens with zero attached hydrogens (tertiary/aromatic N) is 1. The maximum absolute atomic E-state index is 11.3. The molecule has 0 aliphatic carbocycles. The van der Waals surface area contributed by atoms with Crippen LogP contribution in [-0.2, 0) is 6.00 Å². The lowest BCUT2D eigenvalue weighted by Gasteiger charge is -2.04. The first-order valence-electron chi connectivity index (χ1n) is 3.97. The third-order valence-corrected chi connectivity index (χ3v) is 2.26. The number of rotatable bonds is 1. The Morgan fingerprint density at radius 2 is 1.92 bits per heavy atom. The second kappa shape index (κ2) is 3.23. The van der Waals surface area contributed by atoms with E-state index < -0.39 is 0 Å². The summed E-state index contributed by atoms with van der Waals surface area (Å²) in [6.45, 7) is 0. The number of hydrogen-bond acceptors (Lipinski definition) is 1. The van der Waals surface area contributed by atoms with E-state index in [9.17, 15) is 4.79 Å². The van der Waals surface area contributed by atoms with Crippen LogP contribution in [0.15, 0.2) is 41.2 Å². The van der Waals surface area contributed by atoms with Gasteiger partial charge >= 0.3 is 0 Å². The van der Waals surface area contributed by atoms with Crippen molar-refractivity contribution in [2.75, 3.05) is 0 Å². The molecule has 0 bridgehead atoms. The molecule has 1 aromatic heterocycles. The monoisotopic (exact) mass is 193 g/mol. The molecule has 0 saturated heterocycles. The molecule has 0 unspecified atom stereocenters. The molecule has 3 heteroatoms. The van der Waals surface area contributed by atoms with E-state index in [1.54, 1.807) is 6.07 Å². The highest BCUT2D eigenvalue weighted by Gasteiger charge is 1.99. The first kappa shape index (κ1) is 8.32. The molecular formula is C10H8ClNO. The molecule has 1 heterocycles. The van der Waals surface area contributed by atoms with Crippen LogP contribution in [0.5, 0.6) is 0 Å². The summed E-state index contributed by atoms with van der Waals surface area (Å²) in [5.41, 5.74) is 0.818. The number of para-hydroxylation sites is 1. The summed E-state index contributed by atoms with van der Waals surface area (Å²) >= 11 is 5.67. The molecule has 0 aliphatic rings. The minimum atomic E-state index is -0.0614. The van der Waals surface area contributed by atoms with Gasteiger partial charge in [-0.25, -0.2) is 0 Å². The van der Waals surface area contributed by atoms with Crippen LogP contribution in [0.25, 0.3) is 10.9 Å². The van der Waals surface area contributed by atoms with Crippen LogP contribution in [0.1, 0.15) is 0 Å². The van der Waals surface area contributed by atoms with Crippen LogP contribution in [0.4, 0.5) is 0 Å². The smallest absolute Gasteiger partial charge is 0.252 e. The first-order chi connectivity index (χ1) is 6.33. The van der Waals surface area contributed by atoms with Crippen LogP contribution in [0.3, 0.4) is 0 Å². The van der Waals surface area contributed by atoms with Gasteiger partial charge in [0, 0.05) is 6.07 Å². The topological polar surface area (TPSA) is 22.0 Å². The van der Waals surface area contributed by atoms with Gasteiger partial charge in [0.25, 0.3) is 5.56 Å². The van der Waals surface area contributed by atoms with Crippen LogP contribution >= 0.6 is 11.6 Å². The lowest BCUT2D eigenvalue weighted by molar-refractivity contribution is 0.875. The molecule has 0 amide bonds. The standard InChI is InChI=1S/C10H8ClNO/c11-7-12-9-4-2-1-3-8(9)5-6-10(12)13/h1-6H,7H2. The van der Waals surface area contributed by atoms with Crippen molar-refractivity contribution in [2.24, 2.45) is 0 Å². The second-order valence-corrected chi connectivity index (χ2v) is 3.02. The molecule has 13 heavy (non-hydrogen) atoms. The zero-order chi connectivity index (χ0) is 9.26. The van der Waals surface area contributed by atoms with Crippen molar-refractivity contribution in [2.45, 2.75) is 6.00 Å². The number of benzene rings is 1. The van der Waals surface area contributed by atoms with Crippen LogP contribution in [0, 0.1) is 0 Å². The second-order valence-electron chi connectivity index (χ2n) is 2.78. The van der Waals surface area contributed by atoms with Gasteiger partial charge in [-0.05, 0) is 17.5 Å². The van der Waals surface area contributed by atoms with Crippen LogP contribution in [-0.4, -0.2) is 4.57 Å². The van der Waals surface area contributed by atoms with Gasteiger partial charge in [0.15, 0.2) is 0 Å². The van der Waals surface area contributed by atoms with E-state index >= 15 is 0 Å². The number of fused-ring (bicyclic) bond motifs is 1. The van der Waals surface area contributed by atoms with Gasteiger partial charge in [0.05, 0.1) is 5.52 Å². The molecule has 0 fully saturated rings. The molecule has 0 atom stereocenters. The van der Waals surface area contributed by atoms with Crippen molar-refractivity contribution in [1.29, 1.82) is 0 Å². The fourth-order valence-electron chi connectivity index (χ4n) is 1.37. The molecule has 2 aromatic rings. The first-order valence-corrected chi connectivity index (χ1v) is 4.51. The number of hydrogen-bond donors (Lipinski definition) is 0. The summed E-state index contributed by atoms with van der Waals surface area (Å²) in [6, 6.07) is 11.2. The van der Waals surface area contributed by atoms with E-state index in [0.29, 0.717) is 0 Å². The van der Waals surface area contributed by atoms with Crippen molar-refractivity contribution < 1.29 is 0 Å². The molecule has 66 valence electrons. The van der Waals surface area contributed by atoms with Crippen molar-refractivity contribution in [1.82, 2.24) is 4.57 Å². The number of alkyl halides is 1. The highest BCUT2D eigenvalue weighted by Crippen LogP contribution is 2.10. The molecule has 0 aliphatic heterocycles. The number of aromatic nitrogens is 1. The Labute approximate surface area is 80.4 Å². The van der Waals surface area contributed by atoms with Crippen molar-refractivity contribution in [3.63, 3.8) is 0 Å². The molecule has 1 aromatic carbocycles. The molecule has 0 spiro atoms. The highest BCUT2D eigenvalue weighted by molar-refractivity contribution is 6.15. The summed E-state index contributed by atoms with van der Waals surface area (Å²) in [5.74, 6) is 0. The van der Waals surface area contributed by atoms with Gasteiger partial charge in [0.2, 0.25) is 0 Å². The Balaban J connectivity index is 2.92. The van der Waals surface area contributed by atoms with E-state index in [1.165, 1.54) is 10.6 Å². The van der Waals surface area contributed by atoms with Gasteiger partial charge in [-0.1, -0.05) is 18.2 Å². The summed E-state index contributed by atoms with van der Waals surface area (Å²) < 4.78 is 1.54. The summed E-state index contributed by atoms with van der Waals surface area (Å²) in [6.07, 6.45) is 0. The molecule has 2 nitrogen and oxygen atoms in total. The summed E-state index contributed by atoms with van der Waals surface area (Å²) in [4.78, 5) is 11.3. The Morgan fingerprint density at radius 1 is 1.15 bits per heavy atom. The van der Waals surface area contributed by atoms with Crippen LogP contribution in [0.2, 0.25) is 0 Å². The third-order valence-electron chi connectivity index (χ3n) is 2.02.